The maximum Gasteiger partial charge on any atom is 0.313 e. The summed E-state index contributed by atoms with van der Waals surface area (Å²) in [5.41, 5.74) is 3.39. The van der Waals surface area contributed by atoms with E-state index >= 15 is 0 Å². The third-order valence-corrected chi connectivity index (χ3v) is 5.16. The topological polar surface area (TPSA) is 79.1 Å². The largest absolute Gasteiger partial charge is 0.488 e. The van der Waals surface area contributed by atoms with E-state index in [0.29, 0.717) is 12.4 Å². The minimum absolute atomic E-state index is 0.0737. The Morgan fingerprint density at radius 3 is 2.37 bits per heavy atom. The quantitative estimate of drug-likeness (QED) is 0.246. The van der Waals surface area contributed by atoms with E-state index in [2.05, 4.69) is 15.4 Å². The van der Waals surface area contributed by atoms with Crippen LogP contribution in [0.1, 0.15) is 37.5 Å². The van der Waals surface area contributed by atoms with Crippen molar-refractivity contribution in [1.29, 1.82) is 0 Å². The zero-order valence-electron chi connectivity index (χ0n) is 20.1. The number of rotatable bonds is 8. The molecule has 0 aliphatic carbocycles. The highest BCUT2D eigenvalue weighted by Gasteiger charge is 2.23. The molecule has 7 nitrogen and oxygen atoms in total. The summed E-state index contributed by atoms with van der Waals surface area (Å²) in [6.07, 6.45) is 4.07. The number of hydrogen-bond acceptors (Lipinski definition) is 6. The van der Waals surface area contributed by atoms with Gasteiger partial charge in [0.15, 0.2) is 0 Å². The molecule has 0 amide bonds. The molecule has 178 valence electrons. The van der Waals surface area contributed by atoms with Crippen LogP contribution in [0, 0.1) is 5.41 Å². The van der Waals surface area contributed by atoms with Crippen molar-refractivity contribution in [3.63, 3.8) is 0 Å². The first-order valence-corrected chi connectivity index (χ1v) is 11.4. The van der Waals surface area contributed by atoms with E-state index in [-0.39, 0.29) is 12.7 Å². The van der Waals surface area contributed by atoms with Gasteiger partial charge < -0.3 is 9.47 Å². The standard InChI is InChI=1S/C28H28N4O3/c1-28(2,3)27(33)35-20-32-30-26(29-31-32)24-17-14-21(15-18-24)13-16-23-11-7-8-12-25(23)34-19-22-9-5-4-6-10-22/h4-18H,19-20H2,1-3H3. The van der Waals surface area contributed by atoms with E-state index in [9.17, 15) is 4.79 Å². The highest BCUT2D eigenvalue weighted by Crippen LogP contribution is 2.23. The molecule has 0 bridgehead atoms. The Kier molecular flexibility index (Phi) is 7.35. The van der Waals surface area contributed by atoms with Gasteiger partial charge in [0.2, 0.25) is 12.6 Å². The predicted octanol–water partition coefficient (Wildman–Crippen LogP) is 5.64. The molecule has 0 atom stereocenters. The van der Waals surface area contributed by atoms with E-state index in [1.165, 1.54) is 4.80 Å². The molecule has 0 saturated heterocycles. The zero-order chi connectivity index (χ0) is 24.7. The lowest BCUT2D eigenvalue weighted by atomic mass is 9.98. The molecule has 0 fully saturated rings. The molecular formula is C28H28N4O3. The van der Waals surface area contributed by atoms with Crippen LogP contribution in [0.2, 0.25) is 0 Å². The summed E-state index contributed by atoms with van der Waals surface area (Å²) >= 11 is 0. The van der Waals surface area contributed by atoms with Crippen LogP contribution >= 0.6 is 0 Å². The van der Waals surface area contributed by atoms with Gasteiger partial charge in [0.1, 0.15) is 12.4 Å². The highest BCUT2D eigenvalue weighted by molar-refractivity contribution is 5.75. The molecule has 4 aromatic rings. The number of carbonyl (C=O) groups excluding carboxylic acids is 1. The van der Waals surface area contributed by atoms with Crippen LogP contribution in [0.25, 0.3) is 23.5 Å². The van der Waals surface area contributed by atoms with Gasteiger partial charge in [-0.15, -0.1) is 15.0 Å². The zero-order valence-corrected chi connectivity index (χ0v) is 20.1. The maximum absolute atomic E-state index is 11.9. The number of nitrogens with zero attached hydrogens (tertiary/aromatic N) is 4. The van der Waals surface area contributed by atoms with Crippen molar-refractivity contribution in [3.05, 3.63) is 95.6 Å². The van der Waals surface area contributed by atoms with Gasteiger partial charge in [-0.25, -0.2) is 0 Å². The van der Waals surface area contributed by atoms with Gasteiger partial charge in [-0.05, 0) is 43.2 Å². The second kappa shape index (κ2) is 10.8. The van der Waals surface area contributed by atoms with Gasteiger partial charge in [0, 0.05) is 11.1 Å². The van der Waals surface area contributed by atoms with Crippen molar-refractivity contribution in [3.8, 4) is 17.1 Å². The Bertz CT molecular complexity index is 1290. The minimum Gasteiger partial charge on any atom is -0.488 e. The summed E-state index contributed by atoms with van der Waals surface area (Å²) in [5.74, 6) is 0.976. The Balaban J connectivity index is 1.38. The number of esters is 1. The third-order valence-electron chi connectivity index (χ3n) is 5.16. The van der Waals surface area contributed by atoms with Gasteiger partial charge in [0.25, 0.3) is 0 Å². The Labute approximate surface area is 205 Å². The molecule has 1 aromatic heterocycles. The van der Waals surface area contributed by atoms with Gasteiger partial charge in [-0.1, -0.05) is 84.9 Å². The minimum atomic E-state index is -0.582. The molecule has 1 heterocycles. The fraction of sp³-hybridized carbons (Fsp3) is 0.214. The summed E-state index contributed by atoms with van der Waals surface area (Å²) in [6.45, 7) is 5.82. The van der Waals surface area contributed by atoms with Crippen molar-refractivity contribution < 1.29 is 14.3 Å². The SMILES string of the molecule is CC(C)(C)C(=O)OCn1nnc(-c2ccc(C=Cc3ccccc3OCc3ccccc3)cc2)n1. The van der Waals surface area contributed by atoms with Crippen molar-refractivity contribution >= 4 is 18.1 Å². The van der Waals surface area contributed by atoms with Crippen molar-refractivity contribution in [2.24, 2.45) is 5.41 Å². The first kappa shape index (κ1) is 23.9. The van der Waals surface area contributed by atoms with Gasteiger partial charge in [0.05, 0.1) is 5.41 Å². The van der Waals surface area contributed by atoms with Crippen LogP contribution in [0.3, 0.4) is 0 Å². The van der Waals surface area contributed by atoms with Gasteiger partial charge in [-0.2, -0.15) is 0 Å². The number of hydrogen-bond donors (Lipinski definition) is 0. The van der Waals surface area contributed by atoms with Crippen LogP contribution in [0.5, 0.6) is 5.75 Å². The third kappa shape index (κ3) is 6.63. The number of aromatic nitrogens is 4. The second-order valence-corrected chi connectivity index (χ2v) is 9.06. The summed E-state index contributed by atoms with van der Waals surface area (Å²) in [5, 5.41) is 12.3. The number of carbonyl (C=O) groups is 1. The molecular weight excluding hydrogens is 440 g/mol. The predicted molar refractivity (Wildman–Crippen MR) is 135 cm³/mol. The van der Waals surface area contributed by atoms with Crippen molar-refractivity contribution in [1.82, 2.24) is 20.2 Å². The molecule has 35 heavy (non-hydrogen) atoms. The van der Waals surface area contributed by atoms with E-state index in [1.54, 1.807) is 20.8 Å². The van der Waals surface area contributed by atoms with Crippen molar-refractivity contribution in [2.75, 3.05) is 0 Å². The van der Waals surface area contributed by atoms with E-state index in [4.69, 9.17) is 9.47 Å². The first-order valence-electron chi connectivity index (χ1n) is 11.4. The smallest absolute Gasteiger partial charge is 0.313 e. The summed E-state index contributed by atoms with van der Waals surface area (Å²) < 4.78 is 11.3. The fourth-order valence-electron chi connectivity index (χ4n) is 3.16. The molecule has 0 aliphatic heterocycles. The summed E-state index contributed by atoms with van der Waals surface area (Å²) in [6, 6.07) is 25.9. The monoisotopic (exact) mass is 468 g/mol. The number of benzene rings is 3. The molecule has 3 aromatic carbocycles. The normalized spacial score (nSPS) is 11.5. The van der Waals surface area contributed by atoms with Crippen molar-refractivity contribution in [2.45, 2.75) is 34.1 Å². The summed E-state index contributed by atoms with van der Waals surface area (Å²) in [7, 11) is 0. The van der Waals surface area contributed by atoms with Gasteiger partial charge >= 0.3 is 5.97 Å². The summed E-state index contributed by atoms with van der Waals surface area (Å²) in [4.78, 5) is 13.2. The van der Waals surface area contributed by atoms with Gasteiger partial charge in [-0.3, -0.25) is 4.79 Å². The van der Waals surface area contributed by atoms with Crippen LogP contribution in [0.15, 0.2) is 78.9 Å². The van der Waals surface area contributed by atoms with Crippen LogP contribution < -0.4 is 4.74 Å². The Morgan fingerprint density at radius 2 is 1.63 bits per heavy atom. The Morgan fingerprint density at radius 1 is 0.914 bits per heavy atom. The first-order chi connectivity index (χ1) is 16.9. The molecule has 0 unspecified atom stereocenters. The van der Waals surface area contributed by atoms with E-state index in [0.717, 1.165) is 28.0 Å². The van der Waals surface area contributed by atoms with Crippen LogP contribution in [0.4, 0.5) is 0 Å². The average Bonchev–Trinajstić information content (AvgIpc) is 3.34. The molecule has 7 heteroatoms. The molecule has 0 N–H and O–H groups in total. The lowest BCUT2D eigenvalue weighted by Crippen LogP contribution is -2.24. The average molecular weight is 469 g/mol. The van der Waals surface area contributed by atoms with Crippen LogP contribution in [-0.2, 0) is 22.9 Å². The number of para-hydroxylation sites is 1. The molecule has 4 rings (SSSR count). The Hall–Kier alpha value is -4.26. The van der Waals surface area contributed by atoms with E-state index in [1.807, 2.05) is 91.0 Å². The lowest BCUT2D eigenvalue weighted by Gasteiger charge is -2.15. The molecule has 0 saturated carbocycles. The van der Waals surface area contributed by atoms with E-state index < -0.39 is 5.41 Å². The maximum atomic E-state index is 11.9. The second-order valence-electron chi connectivity index (χ2n) is 9.06. The molecule has 0 aliphatic rings. The number of tetrazole rings is 1. The lowest BCUT2D eigenvalue weighted by molar-refractivity contribution is -0.157. The number of ether oxygens (including phenoxy) is 2. The highest BCUT2D eigenvalue weighted by atomic mass is 16.5. The van der Waals surface area contributed by atoms with Crippen LogP contribution in [-0.4, -0.2) is 26.2 Å². The fourth-order valence-corrected chi connectivity index (χ4v) is 3.16. The molecule has 0 radical (unpaired) electrons. The molecule has 0 spiro atoms.